The van der Waals surface area contributed by atoms with Crippen LogP contribution in [0.2, 0.25) is 0 Å². The average molecular weight is 256 g/mol. The molecule has 0 unspecified atom stereocenters. The van der Waals surface area contributed by atoms with Crippen LogP contribution in [0.3, 0.4) is 0 Å². The third-order valence-electron chi connectivity index (χ3n) is 2.83. The number of hydrogen-bond donors (Lipinski definition) is 2. The normalized spacial score (nSPS) is 18.9. The molecule has 94 valence electrons. The zero-order valence-electron chi connectivity index (χ0n) is 9.84. The number of nitrogen functional groups attached to an aromatic ring is 1. The van der Waals surface area contributed by atoms with Gasteiger partial charge in [-0.3, -0.25) is 0 Å². The van der Waals surface area contributed by atoms with Crippen LogP contribution in [0.1, 0.15) is 6.92 Å². The van der Waals surface area contributed by atoms with Gasteiger partial charge < -0.3 is 15.7 Å². The molecule has 1 aromatic rings. The van der Waals surface area contributed by atoms with Crippen LogP contribution in [0.25, 0.3) is 0 Å². The van der Waals surface area contributed by atoms with E-state index in [1.54, 1.807) is 13.0 Å². The molecule has 0 aromatic heterocycles. The molecule has 0 atom stereocenters. The number of rotatable bonds is 2. The Morgan fingerprint density at radius 1 is 1.41 bits per heavy atom. The molecule has 5 nitrogen and oxygen atoms in total. The standard InChI is InChI=1S/C11H16N2O3S/c1-11(14)6-13(7-11)10-4-3-8(5-9(10)12)17(2,15)16/h3-5,14H,6-7,12H2,1-2H3. The van der Waals surface area contributed by atoms with Gasteiger partial charge >= 0.3 is 0 Å². The van der Waals surface area contributed by atoms with Crippen molar-refractivity contribution in [1.82, 2.24) is 0 Å². The van der Waals surface area contributed by atoms with E-state index in [4.69, 9.17) is 5.73 Å². The van der Waals surface area contributed by atoms with Gasteiger partial charge in [-0.25, -0.2) is 8.42 Å². The summed E-state index contributed by atoms with van der Waals surface area (Å²) in [6, 6.07) is 4.67. The Kier molecular flexibility index (Phi) is 2.59. The summed E-state index contributed by atoms with van der Waals surface area (Å²) in [4.78, 5) is 2.13. The Morgan fingerprint density at radius 2 is 2.00 bits per heavy atom. The number of nitrogens with two attached hydrogens (primary N) is 1. The van der Waals surface area contributed by atoms with Crippen LogP contribution in [-0.4, -0.2) is 38.5 Å². The van der Waals surface area contributed by atoms with Crippen molar-refractivity contribution in [2.45, 2.75) is 17.4 Å². The van der Waals surface area contributed by atoms with Gasteiger partial charge in [0.15, 0.2) is 9.84 Å². The van der Waals surface area contributed by atoms with E-state index in [-0.39, 0.29) is 4.90 Å². The highest BCUT2D eigenvalue weighted by atomic mass is 32.2. The molecule has 1 aliphatic heterocycles. The van der Waals surface area contributed by atoms with Crippen molar-refractivity contribution >= 4 is 21.2 Å². The van der Waals surface area contributed by atoms with Gasteiger partial charge in [0, 0.05) is 19.3 Å². The van der Waals surface area contributed by atoms with Gasteiger partial charge in [-0.2, -0.15) is 0 Å². The van der Waals surface area contributed by atoms with Gasteiger partial charge in [-0.05, 0) is 25.1 Å². The molecule has 1 aromatic carbocycles. The molecule has 1 fully saturated rings. The van der Waals surface area contributed by atoms with Crippen molar-refractivity contribution in [3.05, 3.63) is 18.2 Å². The average Bonchev–Trinajstić information content (AvgIpc) is 2.12. The van der Waals surface area contributed by atoms with Crippen LogP contribution in [0.4, 0.5) is 11.4 Å². The summed E-state index contributed by atoms with van der Waals surface area (Å²) in [6.45, 7) is 2.77. The van der Waals surface area contributed by atoms with Gasteiger partial charge in [0.25, 0.3) is 0 Å². The van der Waals surface area contributed by atoms with Crippen LogP contribution in [0.15, 0.2) is 23.1 Å². The molecular formula is C11H16N2O3S. The molecule has 2 rings (SSSR count). The van der Waals surface area contributed by atoms with E-state index in [2.05, 4.69) is 0 Å². The highest BCUT2D eigenvalue weighted by Gasteiger charge is 2.37. The third-order valence-corrected chi connectivity index (χ3v) is 3.94. The van der Waals surface area contributed by atoms with Crippen molar-refractivity contribution < 1.29 is 13.5 Å². The predicted octanol–water partition coefficient (Wildman–Crippen LogP) is 0.243. The number of hydrogen-bond acceptors (Lipinski definition) is 5. The van der Waals surface area contributed by atoms with Crippen LogP contribution in [0, 0.1) is 0 Å². The van der Waals surface area contributed by atoms with E-state index in [0.717, 1.165) is 11.9 Å². The van der Waals surface area contributed by atoms with Gasteiger partial charge in [-0.15, -0.1) is 0 Å². The Hall–Kier alpha value is -1.27. The maximum Gasteiger partial charge on any atom is 0.175 e. The Morgan fingerprint density at radius 3 is 2.41 bits per heavy atom. The second kappa shape index (κ2) is 3.61. The quantitative estimate of drug-likeness (QED) is 0.741. The summed E-state index contributed by atoms with van der Waals surface area (Å²) in [6.07, 6.45) is 1.15. The van der Waals surface area contributed by atoms with Crippen molar-refractivity contribution in [1.29, 1.82) is 0 Å². The van der Waals surface area contributed by atoms with E-state index in [1.165, 1.54) is 12.1 Å². The van der Waals surface area contributed by atoms with E-state index >= 15 is 0 Å². The minimum Gasteiger partial charge on any atom is -0.397 e. The van der Waals surface area contributed by atoms with Crippen LogP contribution >= 0.6 is 0 Å². The van der Waals surface area contributed by atoms with Crippen LogP contribution in [0.5, 0.6) is 0 Å². The first-order chi connectivity index (χ1) is 7.69. The fraction of sp³-hybridized carbons (Fsp3) is 0.455. The number of sulfone groups is 1. The molecule has 0 saturated carbocycles. The SMILES string of the molecule is CC1(O)CN(c2ccc(S(C)(=O)=O)cc2N)C1. The number of nitrogens with zero attached hydrogens (tertiary/aromatic N) is 1. The third kappa shape index (κ3) is 2.37. The number of benzene rings is 1. The highest BCUT2D eigenvalue weighted by molar-refractivity contribution is 7.90. The highest BCUT2D eigenvalue weighted by Crippen LogP contribution is 2.32. The summed E-state index contributed by atoms with van der Waals surface area (Å²) >= 11 is 0. The molecule has 1 saturated heterocycles. The van der Waals surface area contributed by atoms with Crippen LogP contribution < -0.4 is 10.6 Å². The fourth-order valence-electron chi connectivity index (χ4n) is 2.00. The van der Waals surface area contributed by atoms with Crippen molar-refractivity contribution in [2.75, 3.05) is 30.0 Å². The number of anilines is 2. The lowest BCUT2D eigenvalue weighted by molar-refractivity contribution is 0.0311. The van der Waals surface area contributed by atoms with Crippen LogP contribution in [-0.2, 0) is 9.84 Å². The monoisotopic (exact) mass is 256 g/mol. The smallest absolute Gasteiger partial charge is 0.175 e. The molecule has 0 bridgehead atoms. The minimum absolute atomic E-state index is 0.214. The Balaban J connectivity index is 2.28. The molecule has 1 heterocycles. The first-order valence-corrected chi connectivity index (χ1v) is 7.15. The van der Waals surface area contributed by atoms with Gasteiger partial charge in [0.1, 0.15) is 0 Å². The largest absolute Gasteiger partial charge is 0.397 e. The fourth-order valence-corrected chi connectivity index (χ4v) is 2.65. The maximum absolute atomic E-state index is 11.3. The topological polar surface area (TPSA) is 83.6 Å². The lowest BCUT2D eigenvalue weighted by Crippen LogP contribution is -2.60. The summed E-state index contributed by atoms with van der Waals surface area (Å²) in [5.74, 6) is 0. The molecule has 1 aliphatic rings. The second-order valence-electron chi connectivity index (χ2n) is 4.85. The van der Waals surface area contributed by atoms with E-state index in [1.807, 2.05) is 4.90 Å². The summed E-state index contributed by atoms with van der Waals surface area (Å²) in [7, 11) is -3.23. The predicted molar refractivity (Wildman–Crippen MR) is 66.8 cm³/mol. The molecule has 0 aliphatic carbocycles. The molecule has 0 amide bonds. The molecule has 3 N–H and O–H groups in total. The Labute approximate surface area is 101 Å². The zero-order chi connectivity index (χ0) is 12.8. The minimum atomic E-state index is -3.23. The van der Waals surface area contributed by atoms with Crippen molar-refractivity contribution in [3.8, 4) is 0 Å². The number of aliphatic hydroxyl groups is 1. The molecule has 0 spiro atoms. The molecule has 0 radical (unpaired) electrons. The number of β-amino-alcohol motifs (C(OH)–C–C–N with tert-alkyl or cyclic N) is 1. The maximum atomic E-state index is 11.3. The molecule has 17 heavy (non-hydrogen) atoms. The summed E-state index contributed by atoms with van der Waals surface area (Å²) in [5, 5.41) is 9.64. The van der Waals surface area contributed by atoms with Gasteiger partial charge in [0.2, 0.25) is 0 Å². The lowest BCUT2D eigenvalue weighted by Gasteiger charge is -2.46. The van der Waals surface area contributed by atoms with Crippen molar-refractivity contribution in [2.24, 2.45) is 0 Å². The summed E-state index contributed by atoms with van der Waals surface area (Å²) in [5.41, 5.74) is 6.34. The van der Waals surface area contributed by atoms with E-state index < -0.39 is 15.4 Å². The van der Waals surface area contributed by atoms with Crippen molar-refractivity contribution in [3.63, 3.8) is 0 Å². The first-order valence-electron chi connectivity index (χ1n) is 5.26. The molecule has 6 heteroatoms. The van der Waals surface area contributed by atoms with Gasteiger partial charge in [0.05, 0.1) is 21.9 Å². The van der Waals surface area contributed by atoms with Gasteiger partial charge in [-0.1, -0.05) is 0 Å². The first kappa shape index (κ1) is 12.2. The second-order valence-corrected chi connectivity index (χ2v) is 6.86. The summed E-state index contributed by atoms with van der Waals surface area (Å²) < 4.78 is 22.7. The lowest BCUT2D eigenvalue weighted by atomic mass is 9.96. The Bertz CT molecular complexity index is 544. The molecular weight excluding hydrogens is 240 g/mol. The van der Waals surface area contributed by atoms with E-state index in [9.17, 15) is 13.5 Å². The zero-order valence-corrected chi connectivity index (χ0v) is 10.7. The van der Waals surface area contributed by atoms with E-state index in [0.29, 0.717) is 18.8 Å².